The number of nitrogens with zero attached hydrogens (tertiary/aromatic N) is 2. The van der Waals surface area contributed by atoms with E-state index in [1.54, 1.807) is 24.0 Å². The fourth-order valence-corrected chi connectivity index (χ4v) is 4.70. The summed E-state index contributed by atoms with van der Waals surface area (Å²) in [6.45, 7) is 8.56. The zero-order valence-electron chi connectivity index (χ0n) is 23.3. The molecule has 2 heterocycles. The third kappa shape index (κ3) is 5.33. The van der Waals surface area contributed by atoms with E-state index in [1.807, 2.05) is 94.6 Å². The zero-order chi connectivity index (χ0) is 28.4. The first-order chi connectivity index (χ1) is 19.2. The van der Waals surface area contributed by atoms with Gasteiger partial charge >= 0.3 is 0 Å². The third-order valence-corrected chi connectivity index (χ3v) is 6.47. The Kier molecular flexibility index (Phi) is 7.17. The molecule has 0 atom stereocenters. The molecule has 0 bridgehead atoms. The highest BCUT2D eigenvalue weighted by Crippen LogP contribution is 2.40. The van der Waals surface area contributed by atoms with Crippen molar-refractivity contribution in [3.63, 3.8) is 0 Å². The number of furan rings is 1. The summed E-state index contributed by atoms with van der Waals surface area (Å²) >= 11 is 0. The zero-order valence-corrected chi connectivity index (χ0v) is 23.3. The van der Waals surface area contributed by atoms with Gasteiger partial charge in [-0.15, -0.1) is 0 Å². The summed E-state index contributed by atoms with van der Waals surface area (Å²) in [6, 6.07) is 21.0. The van der Waals surface area contributed by atoms with Gasteiger partial charge in [-0.3, -0.25) is 9.59 Å². The number of rotatable bonds is 7. The number of nitrogens with one attached hydrogen (secondary N) is 3. The molecule has 0 aliphatic heterocycles. The molecule has 5 aromatic rings. The van der Waals surface area contributed by atoms with Crippen molar-refractivity contribution in [2.24, 2.45) is 0 Å². The molecule has 0 unspecified atom stereocenters. The van der Waals surface area contributed by atoms with Crippen molar-refractivity contribution in [1.82, 2.24) is 20.4 Å². The Morgan fingerprint density at radius 2 is 1.73 bits per heavy atom. The Morgan fingerprint density at radius 1 is 0.950 bits per heavy atom. The second-order valence-corrected chi connectivity index (χ2v) is 10.6. The van der Waals surface area contributed by atoms with E-state index in [0.717, 1.165) is 28.1 Å². The molecule has 0 saturated heterocycles. The Hall–Kier alpha value is -4.85. The van der Waals surface area contributed by atoms with E-state index in [9.17, 15) is 9.59 Å². The molecule has 3 aromatic carbocycles. The van der Waals surface area contributed by atoms with Crippen LogP contribution in [0.5, 0.6) is 0 Å². The predicted octanol–water partition coefficient (Wildman–Crippen LogP) is 6.27. The lowest BCUT2D eigenvalue weighted by molar-refractivity contribution is 0.0918. The first-order valence-corrected chi connectivity index (χ1v) is 13.3. The maximum absolute atomic E-state index is 13.2. The van der Waals surface area contributed by atoms with E-state index in [4.69, 9.17) is 4.42 Å². The van der Waals surface area contributed by atoms with E-state index in [1.165, 1.54) is 0 Å². The normalized spacial score (nSPS) is 11.4. The van der Waals surface area contributed by atoms with Crippen molar-refractivity contribution in [3.05, 3.63) is 90.3 Å². The Morgan fingerprint density at radius 3 is 2.38 bits per heavy atom. The lowest BCUT2D eigenvalue weighted by Gasteiger charge is -2.21. The SMILES string of the molecule is CCNc1cc2oc(-c3ccc(-n4cccn4)cc3)c(C(=O)NC)c2cc1-c1cccc(C(=O)NC(C)(C)C)c1. The highest BCUT2D eigenvalue weighted by molar-refractivity contribution is 6.13. The molecule has 8 nitrogen and oxygen atoms in total. The van der Waals surface area contributed by atoms with Crippen molar-refractivity contribution in [2.75, 3.05) is 18.9 Å². The molecule has 8 heteroatoms. The standard InChI is InChI=1S/C32H33N5O3/c1-6-34-26-19-27-25(18-24(26)21-9-7-10-22(17-21)30(38)36-32(2,3)4)28(31(39)33-5)29(40-27)20-11-13-23(14-12-20)37-16-8-15-35-37/h7-19,34H,6H2,1-5H3,(H,33,39)(H,36,38). The van der Waals surface area contributed by atoms with Gasteiger partial charge in [0.05, 0.1) is 11.3 Å². The fraction of sp³-hybridized carbons (Fsp3) is 0.219. The number of hydrogen-bond donors (Lipinski definition) is 3. The molecule has 5 rings (SSSR count). The van der Waals surface area contributed by atoms with Gasteiger partial charge in [-0.2, -0.15) is 5.10 Å². The second-order valence-electron chi connectivity index (χ2n) is 10.6. The number of aromatic nitrogens is 2. The summed E-state index contributed by atoms with van der Waals surface area (Å²) in [4.78, 5) is 26.1. The van der Waals surface area contributed by atoms with Crippen LogP contribution in [0.4, 0.5) is 5.69 Å². The number of anilines is 1. The summed E-state index contributed by atoms with van der Waals surface area (Å²) in [5.41, 5.74) is 5.50. The molecule has 0 aliphatic rings. The van der Waals surface area contributed by atoms with Crippen LogP contribution in [0.3, 0.4) is 0 Å². The molecule has 40 heavy (non-hydrogen) atoms. The molecule has 204 valence electrons. The van der Waals surface area contributed by atoms with Gasteiger partial charge in [0.1, 0.15) is 11.3 Å². The second kappa shape index (κ2) is 10.7. The Balaban J connectivity index is 1.65. The average Bonchev–Trinajstić information content (AvgIpc) is 3.60. The van der Waals surface area contributed by atoms with Gasteiger partial charge in [-0.1, -0.05) is 12.1 Å². The van der Waals surface area contributed by atoms with E-state index >= 15 is 0 Å². The average molecular weight is 536 g/mol. The van der Waals surface area contributed by atoms with Gasteiger partial charge in [0.2, 0.25) is 0 Å². The molecular formula is C32H33N5O3. The topological polar surface area (TPSA) is 101 Å². The molecule has 0 fully saturated rings. The number of amides is 2. The maximum Gasteiger partial charge on any atom is 0.255 e. The summed E-state index contributed by atoms with van der Waals surface area (Å²) in [7, 11) is 1.61. The minimum atomic E-state index is -0.354. The predicted molar refractivity (Wildman–Crippen MR) is 159 cm³/mol. The van der Waals surface area contributed by atoms with Crippen LogP contribution in [0.25, 0.3) is 39.1 Å². The van der Waals surface area contributed by atoms with Crippen molar-refractivity contribution < 1.29 is 14.0 Å². The van der Waals surface area contributed by atoms with Crippen LogP contribution in [0.2, 0.25) is 0 Å². The van der Waals surface area contributed by atoms with Gasteiger partial charge < -0.3 is 20.4 Å². The minimum absolute atomic E-state index is 0.143. The van der Waals surface area contributed by atoms with E-state index < -0.39 is 0 Å². The van der Waals surface area contributed by atoms with Crippen molar-refractivity contribution in [3.8, 4) is 28.1 Å². The molecule has 2 aromatic heterocycles. The van der Waals surface area contributed by atoms with Gasteiger partial charge in [0.15, 0.2) is 0 Å². The molecule has 2 amide bonds. The molecule has 0 saturated carbocycles. The van der Waals surface area contributed by atoms with E-state index in [-0.39, 0.29) is 17.4 Å². The summed E-state index contributed by atoms with van der Waals surface area (Å²) < 4.78 is 8.12. The van der Waals surface area contributed by atoms with E-state index in [2.05, 4.69) is 21.0 Å². The molecule has 3 N–H and O–H groups in total. The molecule has 0 spiro atoms. The van der Waals surface area contributed by atoms with Crippen molar-refractivity contribution in [2.45, 2.75) is 33.2 Å². The summed E-state index contributed by atoms with van der Waals surface area (Å²) in [6.07, 6.45) is 3.60. The van der Waals surface area contributed by atoms with Crippen LogP contribution >= 0.6 is 0 Å². The Bertz CT molecular complexity index is 1680. The van der Waals surface area contributed by atoms with Crippen LogP contribution in [0.1, 0.15) is 48.4 Å². The monoisotopic (exact) mass is 535 g/mol. The largest absolute Gasteiger partial charge is 0.455 e. The molecule has 0 aliphatic carbocycles. The maximum atomic E-state index is 13.2. The van der Waals surface area contributed by atoms with Gasteiger partial charge in [-0.25, -0.2) is 4.68 Å². The molecular weight excluding hydrogens is 502 g/mol. The van der Waals surface area contributed by atoms with Crippen LogP contribution in [-0.4, -0.2) is 40.7 Å². The minimum Gasteiger partial charge on any atom is -0.455 e. The number of fused-ring (bicyclic) bond motifs is 1. The van der Waals surface area contributed by atoms with Crippen LogP contribution in [0, 0.1) is 0 Å². The summed E-state index contributed by atoms with van der Waals surface area (Å²) in [5.74, 6) is 0.0975. The number of carbonyl (C=O) groups is 2. The smallest absolute Gasteiger partial charge is 0.255 e. The molecule has 0 radical (unpaired) electrons. The first-order valence-electron chi connectivity index (χ1n) is 13.3. The fourth-order valence-electron chi connectivity index (χ4n) is 4.70. The number of benzene rings is 3. The first kappa shape index (κ1) is 26.7. The van der Waals surface area contributed by atoms with E-state index in [0.29, 0.717) is 34.4 Å². The lowest BCUT2D eigenvalue weighted by Crippen LogP contribution is -2.40. The number of carbonyl (C=O) groups excluding carboxylic acids is 2. The third-order valence-electron chi connectivity index (χ3n) is 6.47. The van der Waals surface area contributed by atoms with Crippen LogP contribution in [-0.2, 0) is 0 Å². The highest BCUT2D eigenvalue weighted by Gasteiger charge is 2.24. The van der Waals surface area contributed by atoms with Crippen molar-refractivity contribution in [1.29, 1.82) is 0 Å². The summed E-state index contributed by atoms with van der Waals surface area (Å²) in [5, 5.41) is 14.2. The number of hydrogen-bond acceptors (Lipinski definition) is 5. The Labute approximate surface area is 233 Å². The van der Waals surface area contributed by atoms with Gasteiger partial charge in [0, 0.05) is 65.4 Å². The van der Waals surface area contributed by atoms with Crippen molar-refractivity contribution >= 4 is 28.5 Å². The highest BCUT2D eigenvalue weighted by atomic mass is 16.3. The van der Waals surface area contributed by atoms with Gasteiger partial charge in [0.25, 0.3) is 11.8 Å². The quantitative estimate of drug-likeness (QED) is 0.228. The lowest BCUT2D eigenvalue weighted by atomic mass is 9.97. The van der Waals surface area contributed by atoms with Crippen LogP contribution in [0.15, 0.2) is 83.5 Å². The van der Waals surface area contributed by atoms with Crippen LogP contribution < -0.4 is 16.0 Å². The van der Waals surface area contributed by atoms with Gasteiger partial charge in [-0.05, 0) is 81.8 Å².